The summed E-state index contributed by atoms with van der Waals surface area (Å²) in [4.78, 5) is 4.09. The number of anilines is 1. The van der Waals surface area contributed by atoms with E-state index >= 15 is 0 Å². The summed E-state index contributed by atoms with van der Waals surface area (Å²) in [6.45, 7) is 1.96. The number of rotatable bonds is 6. The van der Waals surface area contributed by atoms with Gasteiger partial charge >= 0.3 is 6.18 Å². The van der Waals surface area contributed by atoms with Crippen LogP contribution in [-0.2, 0) is 5.41 Å². The minimum Gasteiger partial charge on any atom is -0.508 e. The van der Waals surface area contributed by atoms with Crippen molar-refractivity contribution in [2.45, 2.75) is 37.5 Å². The Balaban J connectivity index is 1.92. The standard InChI is InChI=1S/C22H22F4N2O2/c1-20(2,17-11-15(23)7-8-18(17)29)12-21(30,22(24,25)26)13-28-19-16-6-4-3-5-14(16)9-10-27-19/h3-11,29-30H,12-13H2,1-2H3,(H,27,28). The van der Waals surface area contributed by atoms with Crippen LogP contribution in [-0.4, -0.2) is 33.5 Å². The van der Waals surface area contributed by atoms with Gasteiger partial charge in [0.15, 0.2) is 5.60 Å². The van der Waals surface area contributed by atoms with Crippen molar-refractivity contribution >= 4 is 16.6 Å². The number of pyridine rings is 1. The Kier molecular flexibility index (Phi) is 5.64. The molecule has 0 spiro atoms. The summed E-state index contributed by atoms with van der Waals surface area (Å²) >= 11 is 0. The van der Waals surface area contributed by atoms with Crippen LogP contribution in [0.15, 0.2) is 54.7 Å². The van der Waals surface area contributed by atoms with E-state index in [0.29, 0.717) is 5.39 Å². The Labute approximate surface area is 171 Å². The number of aromatic hydroxyl groups is 1. The van der Waals surface area contributed by atoms with E-state index in [1.165, 1.54) is 20.0 Å². The molecule has 2 aromatic carbocycles. The number of phenolic OH excluding ortho intramolecular Hbond substituents is 1. The Morgan fingerprint density at radius 2 is 1.73 bits per heavy atom. The number of halogens is 4. The number of aliphatic hydroxyl groups is 1. The maximum atomic E-state index is 13.9. The normalized spacial score (nSPS) is 14.5. The summed E-state index contributed by atoms with van der Waals surface area (Å²) in [5.74, 6) is -0.818. The van der Waals surface area contributed by atoms with E-state index in [9.17, 15) is 27.8 Å². The van der Waals surface area contributed by atoms with E-state index in [0.717, 1.165) is 23.6 Å². The molecule has 1 unspecified atom stereocenters. The molecule has 0 aliphatic rings. The molecule has 0 radical (unpaired) electrons. The Hall–Kier alpha value is -2.87. The summed E-state index contributed by atoms with van der Waals surface area (Å²) in [5, 5.41) is 24.7. The highest BCUT2D eigenvalue weighted by atomic mass is 19.4. The molecule has 0 aliphatic carbocycles. The number of hydrogen-bond acceptors (Lipinski definition) is 4. The Morgan fingerprint density at radius 1 is 1.03 bits per heavy atom. The Bertz CT molecular complexity index is 1050. The van der Waals surface area contributed by atoms with Crippen LogP contribution >= 0.6 is 0 Å². The van der Waals surface area contributed by atoms with E-state index in [1.54, 1.807) is 30.3 Å². The van der Waals surface area contributed by atoms with Crippen LogP contribution < -0.4 is 5.32 Å². The highest BCUT2D eigenvalue weighted by molar-refractivity contribution is 5.91. The van der Waals surface area contributed by atoms with E-state index < -0.39 is 36.0 Å². The molecule has 0 saturated carbocycles. The molecule has 8 heteroatoms. The van der Waals surface area contributed by atoms with Gasteiger partial charge in [-0.1, -0.05) is 38.1 Å². The molecular formula is C22H22F4N2O2. The van der Waals surface area contributed by atoms with Crippen molar-refractivity contribution < 1.29 is 27.8 Å². The third kappa shape index (κ3) is 4.33. The highest BCUT2D eigenvalue weighted by Gasteiger charge is 2.56. The molecule has 0 bridgehead atoms. The quantitative estimate of drug-likeness (QED) is 0.481. The first-order valence-corrected chi connectivity index (χ1v) is 9.29. The highest BCUT2D eigenvalue weighted by Crippen LogP contribution is 2.43. The first-order chi connectivity index (χ1) is 13.9. The van der Waals surface area contributed by atoms with E-state index in [2.05, 4.69) is 10.3 Å². The van der Waals surface area contributed by atoms with Crippen LogP contribution in [0.2, 0.25) is 0 Å². The van der Waals surface area contributed by atoms with Gasteiger partial charge in [0.25, 0.3) is 0 Å². The van der Waals surface area contributed by atoms with Gasteiger partial charge in [-0.25, -0.2) is 9.37 Å². The second kappa shape index (κ2) is 7.75. The molecule has 3 rings (SSSR count). The number of alkyl halides is 3. The van der Waals surface area contributed by atoms with Crippen molar-refractivity contribution in [2.24, 2.45) is 0 Å². The SMILES string of the molecule is CC(C)(CC(O)(CNc1nccc2ccccc12)C(F)(F)F)c1cc(F)ccc1O. The summed E-state index contributed by atoms with van der Waals surface area (Å²) < 4.78 is 55.3. The minimum atomic E-state index is -4.98. The predicted molar refractivity (Wildman–Crippen MR) is 107 cm³/mol. The summed E-state index contributed by atoms with van der Waals surface area (Å²) in [6.07, 6.45) is -4.32. The molecule has 1 aromatic heterocycles. The zero-order valence-electron chi connectivity index (χ0n) is 16.5. The fourth-order valence-corrected chi connectivity index (χ4v) is 3.63. The van der Waals surface area contributed by atoms with Gasteiger partial charge in [0, 0.05) is 17.1 Å². The lowest BCUT2D eigenvalue weighted by Gasteiger charge is -2.38. The van der Waals surface area contributed by atoms with Crippen molar-refractivity contribution in [1.29, 1.82) is 0 Å². The number of aromatic nitrogens is 1. The molecule has 30 heavy (non-hydrogen) atoms. The van der Waals surface area contributed by atoms with Crippen LogP contribution in [0.5, 0.6) is 5.75 Å². The number of phenols is 1. The van der Waals surface area contributed by atoms with Crippen LogP contribution in [0.1, 0.15) is 25.8 Å². The van der Waals surface area contributed by atoms with Gasteiger partial charge in [-0.15, -0.1) is 0 Å². The number of fused-ring (bicyclic) bond motifs is 1. The monoisotopic (exact) mass is 422 g/mol. The fourth-order valence-electron chi connectivity index (χ4n) is 3.63. The van der Waals surface area contributed by atoms with Gasteiger partial charge in [0.1, 0.15) is 17.4 Å². The third-order valence-electron chi connectivity index (χ3n) is 5.17. The molecule has 0 fully saturated rings. The topological polar surface area (TPSA) is 65.4 Å². The maximum Gasteiger partial charge on any atom is 0.418 e. The molecule has 4 nitrogen and oxygen atoms in total. The Morgan fingerprint density at radius 3 is 2.43 bits per heavy atom. The molecular weight excluding hydrogens is 400 g/mol. The predicted octanol–water partition coefficient (Wildman–Crippen LogP) is 5.15. The number of hydrogen-bond donors (Lipinski definition) is 3. The largest absolute Gasteiger partial charge is 0.508 e. The molecule has 0 amide bonds. The van der Waals surface area contributed by atoms with Gasteiger partial charge in [-0.2, -0.15) is 13.2 Å². The zero-order valence-corrected chi connectivity index (χ0v) is 16.5. The lowest BCUT2D eigenvalue weighted by molar-refractivity contribution is -0.260. The van der Waals surface area contributed by atoms with Gasteiger partial charge in [-0.05, 0) is 41.5 Å². The average Bonchev–Trinajstić information content (AvgIpc) is 2.67. The van der Waals surface area contributed by atoms with E-state index in [4.69, 9.17) is 0 Å². The van der Waals surface area contributed by atoms with Crippen LogP contribution in [0.25, 0.3) is 10.8 Å². The first kappa shape index (κ1) is 21.8. The van der Waals surface area contributed by atoms with Crippen molar-refractivity contribution in [3.05, 3.63) is 66.1 Å². The lowest BCUT2D eigenvalue weighted by Crippen LogP contribution is -2.53. The van der Waals surface area contributed by atoms with Crippen LogP contribution in [0, 0.1) is 5.82 Å². The summed E-state index contributed by atoms with van der Waals surface area (Å²) in [7, 11) is 0. The van der Waals surface area contributed by atoms with Gasteiger partial charge < -0.3 is 15.5 Å². The minimum absolute atomic E-state index is 0.0199. The average molecular weight is 422 g/mol. The van der Waals surface area contributed by atoms with Crippen molar-refractivity contribution in [1.82, 2.24) is 4.98 Å². The van der Waals surface area contributed by atoms with Crippen LogP contribution in [0.4, 0.5) is 23.4 Å². The number of nitrogens with zero attached hydrogens (tertiary/aromatic N) is 1. The van der Waals surface area contributed by atoms with Crippen molar-refractivity contribution in [2.75, 3.05) is 11.9 Å². The molecule has 3 N–H and O–H groups in total. The molecule has 160 valence electrons. The number of benzene rings is 2. The molecule has 1 atom stereocenters. The van der Waals surface area contributed by atoms with E-state index in [1.807, 2.05) is 0 Å². The first-order valence-electron chi connectivity index (χ1n) is 9.29. The molecule has 0 aliphatic heterocycles. The second-order valence-corrected chi connectivity index (χ2v) is 7.99. The van der Waals surface area contributed by atoms with E-state index in [-0.39, 0.29) is 17.1 Å². The molecule has 3 aromatic rings. The summed E-state index contributed by atoms with van der Waals surface area (Å²) in [6, 6.07) is 11.8. The second-order valence-electron chi connectivity index (χ2n) is 7.99. The molecule has 0 saturated heterocycles. The maximum absolute atomic E-state index is 13.9. The lowest BCUT2D eigenvalue weighted by atomic mass is 9.74. The smallest absolute Gasteiger partial charge is 0.418 e. The van der Waals surface area contributed by atoms with Crippen molar-refractivity contribution in [3.8, 4) is 5.75 Å². The van der Waals surface area contributed by atoms with Gasteiger partial charge in [0.2, 0.25) is 0 Å². The fraction of sp³-hybridized carbons (Fsp3) is 0.318. The zero-order chi connectivity index (χ0) is 22.2. The molecule has 1 heterocycles. The van der Waals surface area contributed by atoms with Crippen molar-refractivity contribution in [3.63, 3.8) is 0 Å². The van der Waals surface area contributed by atoms with Crippen LogP contribution in [0.3, 0.4) is 0 Å². The third-order valence-corrected chi connectivity index (χ3v) is 5.17. The summed E-state index contributed by atoms with van der Waals surface area (Å²) in [5.41, 5.74) is -4.56. The van der Waals surface area contributed by atoms with Gasteiger partial charge in [0.05, 0.1) is 6.54 Å². The van der Waals surface area contributed by atoms with Gasteiger partial charge in [-0.3, -0.25) is 0 Å². The number of nitrogens with one attached hydrogen (secondary N) is 1.